The second-order valence-corrected chi connectivity index (χ2v) is 8.60. The molecule has 1 fully saturated rings. The molecule has 0 spiro atoms. The van der Waals surface area contributed by atoms with E-state index in [-0.39, 0.29) is 17.3 Å². The molecule has 3 heterocycles. The number of benzene rings is 1. The first-order valence-corrected chi connectivity index (χ1v) is 11.0. The average molecular weight is 428 g/mol. The third kappa shape index (κ3) is 4.34. The number of nitrogens with zero attached hydrogens (tertiary/aromatic N) is 3. The number of amides is 1. The van der Waals surface area contributed by atoms with Gasteiger partial charge in [0.15, 0.2) is 0 Å². The number of aromatic nitrogens is 2. The summed E-state index contributed by atoms with van der Waals surface area (Å²) in [5, 5.41) is 0. The van der Waals surface area contributed by atoms with Gasteiger partial charge in [-0.3, -0.25) is 18.7 Å². The number of anilines is 1. The Labute approximate surface area is 173 Å². The lowest BCUT2D eigenvalue weighted by molar-refractivity contribution is 0.0302. The van der Waals surface area contributed by atoms with Crippen LogP contribution in [0.4, 0.5) is 5.69 Å². The van der Waals surface area contributed by atoms with Gasteiger partial charge in [-0.1, -0.05) is 30.3 Å². The van der Waals surface area contributed by atoms with E-state index in [2.05, 4.69) is 9.71 Å². The van der Waals surface area contributed by atoms with Crippen molar-refractivity contribution in [3.63, 3.8) is 0 Å². The summed E-state index contributed by atoms with van der Waals surface area (Å²) in [7, 11) is -3.81. The molecule has 1 aliphatic heterocycles. The van der Waals surface area contributed by atoms with Crippen molar-refractivity contribution in [3.05, 3.63) is 76.3 Å². The Morgan fingerprint density at radius 1 is 1.10 bits per heavy atom. The minimum absolute atomic E-state index is 0.181. The number of nitrogens with one attached hydrogen (secondary N) is 1. The van der Waals surface area contributed by atoms with Crippen molar-refractivity contribution in [1.82, 2.24) is 14.3 Å². The van der Waals surface area contributed by atoms with Crippen LogP contribution in [0.25, 0.3) is 5.65 Å². The molecule has 4 rings (SSSR count). The molecule has 0 bridgehead atoms. The van der Waals surface area contributed by atoms with Crippen LogP contribution < -0.4 is 10.3 Å². The van der Waals surface area contributed by atoms with E-state index in [1.807, 2.05) is 0 Å². The lowest BCUT2D eigenvalue weighted by Gasteiger charge is -2.26. The van der Waals surface area contributed by atoms with Crippen molar-refractivity contribution in [2.75, 3.05) is 31.0 Å². The van der Waals surface area contributed by atoms with Crippen LogP contribution in [-0.2, 0) is 20.5 Å². The summed E-state index contributed by atoms with van der Waals surface area (Å²) in [5.41, 5.74) is 0.437. The van der Waals surface area contributed by atoms with Gasteiger partial charge in [-0.15, -0.1) is 0 Å². The Morgan fingerprint density at radius 2 is 1.83 bits per heavy atom. The maximum absolute atomic E-state index is 12.9. The predicted octanol–water partition coefficient (Wildman–Crippen LogP) is 1.11. The molecule has 2 aromatic heterocycles. The summed E-state index contributed by atoms with van der Waals surface area (Å²) in [5.74, 6) is -0.493. The average Bonchev–Trinajstić information content (AvgIpc) is 2.76. The van der Waals surface area contributed by atoms with E-state index in [0.717, 1.165) is 0 Å². The zero-order valence-electron chi connectivity index (χ0n) is 16.0. The van der Waals surface area contributed by atoms with Crippen LogP contribution in [0.5, 0.6) is 0 Å². The highest BCUT2D eigenvalue weighted by atomic mass is 32.2. The molecule has 156 valence electrons. The zero-order valence-corrected chi connectivity index (χ0v) is 16.8. The second kappa shape index (κ2) is 8.25. The summed E-state index contributed by atoms with van der Waals surface area (Å²) < 4.78 is 33.7. The highest BCUT2D eigenvalue weighted by Crippen LogP contribution is 2.12. The fourth-order valence-corrected chi connectivity index (χ4v) is 4.40. The van der Waals surface area contributed by atoms with Gasteiger partial charge in [-0.2, -0.15) is 0 Å². The summed E-state index contributed by atoms with van der Waals surface area (Å²) in [6.07, 6.45) is 2.57. The van der Waals surface area contributed by atoms with E-state index in [1.54, 1.807) is 47.4 Å². The molecule has 0 unspecified atom stereocenters. The molecular formula is C20H20N4O5S. The topological polar surface area (TPSA) is 110 Å². The minimum Gasteiger partial charge on any atom is -0.378 e. The standard InChI is InChI=1S/C20H20N4O5S/c25-19(23-8-10-29-11-9-23)16-6-7-18-21-12-17(20(26)24(18)13-16)22-30(27,28)14-15-4-2-1-3-5-15/h1-7,12-13,22H,8-11,14H2. The molecule has 0 aliphatic carbocycles. The molecule has 3 aromatic rings. The lowest BCUT2D eigenvalue weighted by Crippen LogP contribution is -2.40. The van der Waals surface area contributed by atoms with E-state index < -0.39 is 15.6 Å². The zero-order chi connectivity index (χ0) is 21.1. The number of fused-ring (bicyclic) bond motifs is 1. The first-order valence-electron chi connectivity index (χ1n) is 9.36. The number of ether oxygens (including phenoxy) is 1. The van der Waals surface area contributed by atoms with Gasteiger partial charge >= 0.3 is 0 Å². The Kier molecular flexibility index (Phi) is 5.51. The van der Waals surface area contributed by atoms with Crippen LogP contribution >= 0.6 is 0 Å². The number of rotatable bonds is 5. The van der Waals surface area contributed by atoms with Crippen molar-refractivity contribution in [3.8, 4) is 0 Å². The van der Waals surface area contributed by atoms with Gasteiger partial charge in [0.05, 0.1) is 30.7 Å². The summed E-state index contributed by atoms with van der Waals surface area (Å²) in [6, 6.07) is 11.8. The van der Waals surface area contributed by atoms with Crippen molar-refractivity contribution in [2.45, 2.75) is 5.75 Å². The number of hydrogen-bond acceptors (Lipinski definition) is 6. The van der Waals surface area contributed by atoms with Crippen LogP contribution in [0.1, 0.15) is 15.9 Å². The first-order chi connectivity index (χ1) is 14.4. The van der Waals surface area contributed by atoms with Gasteiger partial charge in [-0.05, 0) is 17.7 Å². The number of hydrogen-bond donors (Lipinski definition) is 1. The van der Waals surface area contributed by atoms with E-state index in [4.69, 9.17) is 4.74 Å². The summed E-state index contributed by atoms with van der Waals surface area (Å²) in [4.78, 5) is 31.3. The van der Waals surface area contributed by atoms with Crippen LogP contribution in [-0.4, -0.2) is 54.9 Å². The maximum Gasteiger partial charge on any atom is 0.282 e. The van der Waals surface area contributed by atoms with Crippen molar-refractivity contribution < 1.29 is 17.9 Å². The van der Waals surface area contributed by atoms with Gasteiger partial charge in [0.1, 0.15) is 11.3 Å². The molecule has 1 N–H and O–H groups in total. The van der Waals surface area contributed by atoms with Gasteiger partial charge in [0.25, 0.3) is 11.5 Å². The number of sulfonamides is 1. The Morgan fingerprint density at radius 3 is 2.57 bits per heavy atom. The Balaban J connectivity index is 1.62. The monoisotopic (exact) mass is 428 g/mol. The SMILES string of the molecule is O=C(c1ccc2ncc(NS(=O)(=O)Cc3ccccc3)c(=O)n2c1)N1CCOCC1. The molecule has 0 radical (unpaired) electrons. The van der Waals surface area contributed by atoms with Crippen LogP contribution in [0, 0.1) is 0 Å². The largest absolute Gasteiger partial charge is 0.378 e. The van der Waals surface area contributed by atoms with Crippen LogP contribution in [0.3, 0.4) is 0 Å². The third-order valence-electron chi connectivity index (χ3n) is 4.71. The molecule has 9 nitrogen and oxygen atoms in total. The molecule has 1 aromatic carbocycles. The first kappa shape index (κ1) is 20.0. The van der Waals surface area contributed by atoms with E-state index >= 15 is 0 Å². The fourth-order valence-electron chi connectivity index (χ4n) is 3.22. The molecule has 1 aliphatic rings. The predicted molar refractivity (Wildman–Crippen MR) is 111 cm³/mol. The molecule has 30 heavy (non-hydrogen) atoms. The fraction of sp³-hybridized carbons (Fsp3) is 0.250. The van der Waals surface area contributed by atoms with Gasteiger partial charge in [0.2, 0.25) is 10.0 Å². The molecule has 10 heteroatoms. The highest BCUT2D eigenvalue weighted by Gasteiger charge is 2.20. The van der Waals surface area contributed by atoms with Crippen molar-refractivity contribution in [1.29, 1.82) is 0 Å². The van der Waals surface area contributed by atoms with Gasteiger partial charge < -0.3 is 9.64 Å². The van der Waals surface area contributed by atoms with Gasteiger partial charge in [0, 0.05) is 19.3 Å². The van der Waals surface area contributed by atoms with Crippen LogP contribution in [0.15, 0.2) is 59.7 Å². The maximum atomic E-state index is 12.9. The molecule has 1 amide bonds. The van der Waals surface area contributed by atoms with E-state index in [0.29, 0.717) is 43.1 Å². The molecule has 0 atom stereocenters. The Bertz CT molecular complexity index is 1240. The van der Waals surface area contributed by atoms with Gasteiger partial charge in [-0.25, -0.2) is 13.4 Å². The summed E-state index contributed by atoms with van der Waals surface area (Å²) >= 11 is 0. The van der Waals surface area contributed by atoms with Crippen molar-refractivity contribution in [2.24, 2.45) is 0 Å². The van der Waals surface area contributed by atoms with E-state index in [9.17, 15) is 18.0 Å². The minimum atomic E-state index is -3.81. The molecular weight excluding hydrogens is 408 g/mol. The number of morpholine rings is 1. The molecule has 0 saturated carbocycles. The molecule has 1 saturated heterocycles. The number of carbonyl (C=O) groups excluding carboxylic acids is 1. The third-order valence-corrected chi connectivity index (χ3v) is 5.96. The highest BCUT2D eigenvalue weighted by molar-refractivity contribution is 7.91. The van der Waals surface area contributed by atoms with Crippen LogP contribution in [0.2, 0.25) is 0 Å². The van der Waals surface area contributed by atoms with E-state index in [1.165, 1.54) is 16.8 Å². The number of pyridine rings is 1. The van der Waals surface area contributed by atoms with Crippen molar-refractivity contribution >= 4 is 27.3 Å². The second-order valence-electron chi connectivity index (χ2n) is 6.87. The summed E-state index contributed by atoms with van der Waals surface area (Å²) in [6.45, 7) is 1.88. The smallest absolute Gasteiger partial charge is 0.282 e. The lowest BCUT2D eigenvalue weighted by atomic mass is 10.2. The quantitative estimate of drug-likeness (QED) is 0.652. The Hall–Kier alpha value is -3.24. The number of carbonyl (C=O) groups is 1. The normalized spacial score (nSPS) is 14.6.